The maximum atomic E-state index is 14.0. The van der Waals surface area contributed by atoms with Gasteiger partial charge < -0.3 is 15.0 Å². The number of likely N-dealkylation sites (tertiary alicyclic amines) is 1. The molecule has 4 rings (SSSR count). The molecule has 0 unspecified atom stereocenters. The molecule has 1 amide bonds. The van der Waals surface area contributed by atoms with E-state index in [1.807, 2.05) is 19.1 Å². The van der Waals surface area contributed by atoms with Crippen LogP contribution < -0.4 is 14.4 Å². The number of anilines is 1. The lowest BCUT2D eigenvalue weighted by molar-refractivity contribution is -0.119. The first kappa shape index (κ1) is 21.6. The summed E-state index contributed by atoms with van der Waals surface area (Å²) in [5.41, 5.74) is 3.68. The highest BCUT2D eigenvalue weighted by Crippen LogP contribution is 2.48. The molecular weight excluding hydrogens is 414 g/mol. The van der Waals surface area contributed by atoms with E-state index in [1.54, 1.807) is 22.5 Å². The van der Waals surface area contributed by atoms with E-state index in [0.717, 1.165) is 36.3 Å². The number of carbonyl (C=O) groups excluding carboxylic acids is 1. The van der Waals surface area contributed by atoms with E-state index in [2.05, 4.69) is 23.3 Å². The molecule has 0 spiro atoms. The Labute approximate surface area is 184 Å². The SMILES string of the molecule is COc1ccc(CNC(C)=O)cc1S(=O)(=O)N1c2ccc(C)cc2[C@H]2CN(C)CC[C@H]21. The molecule has 0 saturated carbocycles. The van der Waals surface area contributed by atoms with E-state index in [-0.39, 0.29) is 29.3 Å². The topological polar surface area (TPSA) is 78.9 Å². The fraction of sp³-hybridized carbons (Fsp3) is 0.435. The molecule has 2 aromatic carbocycles. The standard InChI is InChI=1S/C23H29N3O4S/c1-15-5-7-20-18(11-15)19-14-25(3)10-9-21(19)26(20)31(28,29)23-12-17(13-24-16(2)27)6-8-22(23)30-4/h5-8,11-12,19,21H,9-10,13-14H2,1-4H3,(H,24,27)/t19-,21-/m1/s1. The zero-order chi connectivity index (χ0) is 22.3. The molecule has 2 aromatic rings. The van der Waals surface area contributed by atoms with Crippen LogP contribution in [0.25, 0.3) is 0 Å². The van der Waals surface area contributed by atoms with Crippen molar-refractivity contribution in [2.24, 2.45) is 0 Å². The van der Waals surface area contributed by atoms with Gasteiger partial charge in [-0.25, -0.2) is 8.42 Å². The minimum atomic E-state index is -3.88. The van der Waals surface area contributed by atoms with Crippen molar-refractivity contribution in [1.29, 1.82) is 0 Å². The largest absolute Gasteiger partial charge is 0.495 e. The van der Waals surface area contributed by atoms with Crippen molar-refractivity contribution in [3.05, 3.63) is 53.1 Å². The first-order valence-electron chi connectivity index (χ1n) is 10.5. The van der Waals surface area contributed by atoms with E-state index in [9.17, 15) is 13.2 Å². The molecule has 1 saturated heterocycles. The van der Waals surface area contributed by atoms with Crippen LogP contribution in [0.3, 0.4) is 0 Å². The van der Waals surface area contributed by atoms with Gasteiger partial charge in [0, 0.05) is 25.9 Å². The van der Waals surface area contributed by atoms with Crippen molar-refractivity contribution >= 4 is 21.6 Å². The highest BCUT2D eigenvalue weighted by atomic mass is 32.2. The fourth-order valence-corrected chi connectivity index (χ4v) is 6.66. The molecule has 1 fully saturated rings. The predicted octanol–water partition coefficient (Wildman–Crippen LogP) is 2.64. The lowest BCUT2D eigenvalue weighted by Gasteiger charge is -2.36. The van der Waals surface area contributed by atoms with Crippen molar-refractivity contribution < 1.29 is 17.9 Å². The number of ether oxygens (including phenoxy) is 1. The van der Waals surface area contributed by atoms with Gasteiger partial charge in [0.25, 0.3) is 10.0 Å². The Morgan fingerprint density at radius 2 is 2.00 bits per heavy atom. The van der Waals surface area contributed by atoms with E-state index >= 15 is 0 Å². The van der Waals surface area contributed by atoms with Crippen LogP contribution >= 0.6 is 0 Å². The van der Waals surface area contributed by atoms with Gasteiger partial charge in [-0.2, -0.15) is 0 Å². The number of methoxy groups -OCH3 is 1. The zero-order valence-electron chi connectivity index (χ0n) is 18.4. The maximum absolute atomic E-state index is 14.0. The molecule has 0 aromatic heterocycles. The predicted molar refractivity (Wildman–Crippen MR) is 120 cm³/mol. The Balaban J connectivity index is 1.81. The van der Waals surface area contributed by atoms with Crippen LogP contribution in [-0.2, 0) is 21.4 Å². The number of benzene rings is 2. The zero-order valence-corrected chi connectivity index (χ0v) is 19.2. The number of aryl methyl sites for hydroxylation is 1. The molecule has 31 heavy (non-hydrogen) atoms. The van der Waals surface area contributed by atoms with Crippen LogP contribution in [0.4, 0.5) is 5.69 Å². The van der Waals surface area contributed by atoms with Gasteiger partial charge in [0.1, 0.15) is 10.6 Å². The number of piperidine rings is 1. The summed E-state index contributed by atoms with van der Waals surface area (Å²) in [6.07, 6.45) is 0.766. The van der Waals surface area contributed by atoms with Crippen LogP contribution in [0.15, 0.2) is 41.3 Å². The Morgan fingerprint density at radius 1 is 1.23 bits per heavy atom. The molecule has 2 atom stereocenters. The molecule has 1 N–H and O–H groups in total. The monoisotopic (exact) mass is 443 g/mol. The van der Waals surface area contributed by atoms with Gasteiger partial charge >= 0.3 is 0 Å². The van der Waals surface area contributed by atoms with Crippen molar-refractivity contribution in [2.45, 2.75) is 43.7 Å². The molecule has 2 aliphatic rings. The van der Waals surface area contributed by atoms with Gasteiger partial charge in [-0.05, 0) is 56.3 Å². The van der Waals surface area contributed by atoms with Crippen LogP contribution in [0.5, 0.6) is 5.75 Å². The molecule has 8 heteroatoms. The van der Waals surface area contributed by atoms with Crippen LogP contribution in [0, 0.1) is 6.92 Å². The summed E-state index contributed by atoms with van der Waals surface area (Å²) in [5.74, 6) is 0.270. The fourth-order valence-electron chi connectivity index (χ4n) is 4.71. The molecular formula is C23H29N3O4S. The lowest BCUT2D eigenvalue weighted by atomic mass is 9.89. The summed E-state index contributed by atoms with van der Waals surface area (Å²) in [6, 6.07) is 10.9. The van der Waals surface area contributed by atoms with Gasteiger partial charge in [0.15, 0.2) is 0 Å². The first-order chi connectivity index (χ1) is 14.7. The van der Waals surface area contributed by atoms with Gasteiger partial charge in [-0.1, -0.05) is 23.8 Å². The first-order valence-corrected chi connectivity index (χ1v) is 11.9. The number of nitrogens with one attached hydrogen (secondary N) is 1. The molecule has 7 nitrogen and oxygen atoms in total. The second kappa shape index (κ2) is 8.16. The maximum Gasteiger partial charge on any atom is 0.268 e. The number of nitrogens with zero attached hydrogens (tertiary/aromatic N) is 2. The average molecular weight is 444 g/mol. The van der Waals surface area contributed by atoms with Crippen molar-refractivity contribution in [2.75, 3.05) is 31.6 Å². The Hall–Kier alpha value is -2.58. The second-order valence-electron chi connectivity index (χ2n) is 8.48. The van der Waals surface area contributed by atoms with Gasteiger partial charge in [-0.15, -0.1) is 0 Å². The summed E-state index contributed by atoms with van der Waals surface area (Å²) in [7, 11) is -0.325. The average Bonchev–Trinajstić information content (AvgIpc) is 3.05. The summed E-state index contributed by atoms with van der Waals surface area (Å²) < 4.78 is 35.1. The molecule has 166 valence electrons. The number of rotatable bonds is 5. The number of sulfonamides is 1. The highest BCUT2D eigenvalue weighted by molar-refractivity contribution is 7.93. The second-order valence-corrected chi connectivity index (χ2v) is 10.3. The number of likely N-dealkylation sites (N-methyl/N-ethyl adjacent to an activating group) is 1. The van der Waals surface area contributed by atoms with Crippen molar-refractivity contribution in [3.63, 3.8) is 0 Å². The summed E-state index contributed by atoms with van der Waals surface area (Å²) >= 11 is 0. The summed E-state index contributed by atoms with van der Waals surface area (Å²) in [5, 5.41) is 2.73. The van der Waals surface area contributed by atoms with E-state index < -0.39 is 10.0 Å². The van der Waals surface area contributed by atoms with Crippen molar-refractivity contribution in [3.8, 4) is 5.75 Å². The quantitative estimate of drug-likeness (QED) is 0.769. The van der Waals surface area contributed by atoms with Crippen LogP contribution in [0.2, 0.25) is 0 Å². The molecule has 0 bridgehead atoms. The van der Waals surface area contributed by atoms with Gasteiger partial charge in [0.05, 0.1) is 18.8 Å². The minimum absolute atomic E-state index is 0.123. The molecule has 2 aliphatic heterocycles. The number of hydrogen-bond donors (Lipinski definition) is 1. The van der Waals surface area contributed by atoms with E-state index in [1.165, 1.54) is 14.0 Å². The Kier molecular flexibility index (Phi) is 5.70. The smallest absolute Gasteiger partial charge is 0.268 e. The van der Waals surface area contributed by atoms with Gasteiger partial charge in [-0.3, -0.25) is 9.10 Å². The third-order valence-electron chi connectivity index (χ3n) is 6.21. The van der Waals surface area contributed by atoms with E-state index in [0.29, 0.717) is 11.3 Å². The normalized spacial score (nSPS) is 20.8. The molecule has 0 aliphatic carbocycles. The number of amides is 1. The van der Waals surface area contributed by atoms with Crippen molar-refractivity contribution in [1.82, 2.24) is 10.2 Å². The summed E-state index contributed by atoms with van der Waals surface area (Å²) in [4.78, 5) is 13.7. The third-order valence-corrected chi connectivity index (χ3v) is 8.07. The number of carbonyl (C=O) groups is 1. The molecule has 0 radical (unpaired) electrons. The van der Waals surface area contributed by atoms with Crippen LogP contribution in [0.1, 0.15) is 36.0 Å². The Morgan fingerprint density at radius 3 is 2.71 bits per heavy atom. The lowest BCUT2D eigenvalue weighted by Crippen LogP contribution is -2.47. The van der Waals surface area contributed by atoms with Gasteiger partial charge in [0.2, 0.25) is 5.91 Å². The Bertz CT molecular complexity index is 1120. The minimum Gasteiger partial charge on any atom is -0.495 e. The summed E-state index contributed by atoms with van der Waals surface area (Å²) in [6.45, 7) is 5.40. The number of fused-ring (bicyclic) bond motifs is 3. The highest BCUT2D eigenvalue weighted by Gasteiger charge is 2.47. The third kappa shape index (κ3) is 3.90. The number of hydrogen-bond acceptors (Lipinski definition) is 5. The molecule has 2 heterocycles. The van der Waals surface area contributed by atoms with Crippen LogP contribution in [-0.4, -0.2) is 52.5 Å². The van der Waals surface area contributed by atoms with E-state index in [4.69, 9.17) is 4.74 Å².